The zero-order valence-corrected chi connectivity index (χ0v) is 23.1. The standard InChI is InChI=1S/C33H34N6O2/c1-2-7-27(34)31-35-20-28(37-31)24-15-11-22(12-16-24)23-13-17-25(18-14-23)29-21-36-32(38-29)30-10-6-19-39(30)41-33(40)26-8-4-3-5-9-26/h3-5,8-9,11-18,20-21,27,30H,2,6-7,10,19,34H2,1H3,(H,35,37)(H,36,38)/t27-,30-/m0/s1. The van der Waals surface area contributed by atoms with Gasteiger partial charge in [-0.3, -0.25) is 0 Å². The van der Waals surface area contributed by atoms with Crippen LogP contribution in [0.5, 0.6) is 0 Å². The number of aromatic nitrogens is 4. The fourth-order valence-electron chi connectivity index (χ4n) is 5.31. The van der Waals surface area contributed by atoms with Crippen LogP contribution in [0.1, 0.15) is 66.7 Å². The van der Waals surface area contributed by atoms with Crippen molar-refractivity contribution in [2.75, 3.05) is 6.54 Å². The van der Waals surface area contributed by atoms with Crippen molar-refractivity contribution >= 4 is 5.97 Å². The molecule has 5 aromatic rings. The quantitative estimate of drug-likeness (QED) is 0.187. The zero-order chi connectivity index (χ0) is 28.2. The molecule has 6 rings (SSSR count). The summed E-state index contributed by atoms with van der Waals surface area (Å²) in [5, 5.41) is 1.74. The molecule has 0 bridgehead atoms. The minimum Gasteiger partial charge on any atom is -0.363 e. The molecule has 2 atom stereocenters. The normalized spacial score (nSPS) is 16.1. The van der Waals surface area contributed by atoms with E-state index in [9.17, 15) is 4.79 Å². The Kier molecular flexibility index (Phi) is 7.75. The lowest BCUT2D eigenvalue weighted by Crippen LogP contribution is -2.27. The predicted molar refractivity (Wildman–Crippen MR) is 159 cm³/mol. The predicted octanol–water partition coefficient (Wildman–Crippen LogP) is 6.84. The lowest BCUT2D eigenvalue weighted by Gasteiger charge is -2.21. The molecule has 0 spiro atoms. The highest BCUT2D eigenvalue weighted by Gasteiger charge is 2.32. The Morgan fingerprint density at radius 2 is 1.51 bits per heavy atom. The molecule has 0 aliphatic carbocycles. The molecule has 1 fully saturated rings. The Hall–Kier alpha value is -4.53. The number of carbonyl (C=O) groups is 1. The third kappa shape index (κ3) is 5.84. The van der Waals surface area contributed by atoms with Crippen LogP contribution in [0, 0.1) is 0 Å². The summed E-state index contributed by atoms with van der Waals surface area (Å²) in [5.74, 6) is 1.28. The maximum atomic E-state index is 12.6. The van der Waals surface area contributed by atoms with Gasteiger partial charge in [-0.15, -0.1) is 5.06 Å². The van der Waals surface area contributed by atoms with Crippen LogP contribution in [-0.4, -0.2) is 37.5 Å². The number of hydrogen-bond donors (Lipinski definition) is 3. The Bertz CT molecular complexity index is 1590. The smallest absolute Gasteiger partial charge is 0.357 e. The SMILES string of the molecule is CCC[C@H](N)c1ncc(-c2ccc(-c3ccc(-c4cnc([C@@H]5CCCN5OC(=O)c5ccccc5)[nH]4)cc3)cc2)[nH]1. The highest BCUT2D eigenvalue weighted by Crippen LogP contribution is 2.33. The van der Waals surface area contributed by atoms with E-state index >= 15 is 0 Å². The van der Waals surface area contributed by atoms with Crippen LogP contribution < -0.4 is 5.73 Å². The van der Waals surface area contributed by atoms with E-state index in [1.54, 1.807) is 17.2 Å². The van der Waals surface area contributed by atoms with Gasteiger partial charge in [-0.2, -0.15) is 0 Å². The Balaban J connectivity index is 1.12. The average molecular weight is 547 g/mol. The Morgan fingerprint density at radius 1 is 0.902 bits per heavy atom. The van der Waals surface area contributed by atoms with Crippen LogP contribution in [0.25, 0.3) is 33.6 Å². The molecule has 0 unspecified atom stereocenters. The number of rotatable bonds is 9. The van der Waals surface area contributed by atoms with E-state index in [0.29, 0.717) is 12.1 Å². The van der Waals surface area contributed by atoms with Crippen molar-refractivity contribution in [2.24, 2.45) is 5.73 Å². The summed E-state index contributed by atoms with van der Waals surface area (Å²) in [7, 11) is 0. The number of hydrogen-bond acceptors (Lipinski definition) is 6. The molecule has 1 saturated heterocycles. The van der Waals surface area contributed by atoms with Crippen molar-refractivity contribution in [3.05, 3.63) is 108 Å². The first-order valence-electron chi connectivity index (χ1n) is 14.2. The van der Waals surface area contributed by atoms with Gasteiger partial charge in [0.15, 0.2) is 0 Å². The van der Waals surface area contributed by atoms with Gasteiger partial charge in [-0.05, 0) is 53.6 Å². The topological polar surface area (TPSA) is 113 Å². The third-order valence-electron chi connectivity index (χ3n) is 7.60. The van der Waals surface area contributed by atoms with Gasteiger partial charge in [0.2, 0.25) is 0 Å². The lowest BCUT2D eigenvalue weighted by molar-refractivity contribution is -0.121. The summed E-state index contributed by atoms with van der Waals surface area (Å²) in [6.45, 7) is 2.81. The summed E-state index contributed by atoms with van der Waals surface area (Å²) in [4.78, 5) is 34.3. The number of benzene rings is 3. The van der Waals surface area contributed by atoms with Crippen molar-refractivity contribution in [2.45, 2.75) is 44.7 Å². The van der Waals surface area contributed by atoms with Gasteiger partial charge in [-0.1, -0.05) is 80.1 Å². The summed E-state index contributed by atoms with van der Waals surface area (Å²) in [5.41, 5.74) is 13.0. The molecule has 3 aromatic carbocycles. The van der Waals surface area contributed by atoms with E-state index in [1.165, 1.54) is 0 Å². The van der Waals surface area contributed by atoms with E-state index in [-0.39, 0.29) is 18.1 Å². The minimum absolute atomic E-state index is 0.0632. The number of imidazole rings is 2. The second-order valence-corrected chi connectivity index (χ2v) is 10.5. The average Bonchev–Trinajstić information content (AvgIpc) is 3.79. The molecule has 41 heavy (non-hydrogen) atoms. The molecule has 0 amide bonds. The first kappa shape index (κ1) is 26.7. The van der Waals surface area contributed by atoms with Gasteiger partial charge in [-0.25, -0.2) is 14.8 Å². The molecule has 0 saturated carbocycles. The van der Waals surface area contributed by atoms with Crippen LogP contribution in [0.15, 0.2) is 91.3 Å². The summed E-state index contributed by atoms with van der Waals surface area (Å²) >= 11 is 0. The third-order valence-corrected chi connectivity index (χ3v) is 7.60. The van der Waals surface area contributed by atoms with E-state index in [1.807, 2.05) is 30.6 Å². The second kappa shape index (κ2) is 11.9. The number of carbonyl (C=O) groups excluding carboxylic acids is 1. The molecular formula is C33H34N6O2. The van der Waals surface area contributed by atoms with Gasteiger partial charge in [0, 0.05) is 6.54 Å². The summed E-state index contributed by atoms with van der Waals surface area (Å²) < 4.78 is 0. The molecule has 1 aliphatic rings. The van der Waals surface area contributed by atoms with E-state index in [4.69, 9.17) is 10.6 Å². The zero-order valence-electron chi connectivity index (χ0n) is 23.1. The second-order valence-electron chi connectivity index (χ2n) is 10.5. The van der Waals surface area contributed by atoms with Crippen LogP contribution in [0.3, 0.4) is 0 Å². The summed E-state index contributed by atoms with van der Waals surface area (Å²) in [6, 6.07) is 25.8. The van der Waals surface area contributed by atoms with Crippen molar-refractivity contribution in [1.82, 2.24) is 25.0 Å². The number of hydroxylamine groups is 2. The summed E-state index contributed by atoms with van der Waals surface area (Å²) in [6.07, 6.45) is 7.44. The first-order valence-corrected chi connectivity index (χ1v) is 14.2. The Morgan fingerprint density at radius 3 is 2.17 bits per heavy atom. The van der Waals surface area contributed by atoms with E-state index in [2.05, 4.69) is 75.4 Å². The molecule has 8 heteroatoms. The lowest BCUT2D eigenvalue weighted by atomic mass is 10.0. The van der Waals surface area contributed by atoms with Crippen molar-refractivity contribution in [1.29, 1.82) is 0 Å². The fourth-order valence-corrected chi connectivity index (χ4v) is 5.31. The van der Waals surface area contributed by atoms with Gasteiger partial charge < -0.3 is 20.5 Å². The molecular weight excluding hydrogens is 512 g/mol. The fraction of sp³-hybridized carbons (Fsp3) is 0.242. The number of aromatic amines is 2. The molecule has 0 radical (unpaired) electrons. The van der Waals surface area contributed by atoms with Crippen LogP contribution in [-0.2, 0) is 4.84 Å². The van der Waals surface area contributed by atoms with E-state index in [0.717, 1.165) is 71.0 Å². The van der Waals surface area contributed by atoms with Crippen LogP contribution >= 0.6 is 0 Å². The largest absolute Gasteiger partial charge is 0.363 e. The van der Waals surface area contributed by atoms with Gasteiger partial charge in [0.25, 0.3) is 0 Å². The maximum Gasteiger partial charge on any atom is 0.357 e. The molecule has 4 N–H and O–H groups in total. The molecule has 208 valence electrons. The number of nitrogens with two attached hydrogens (primary N) is 1. The first-order chi connectivity index (χ1) is 20.1. The van der Waals surface area contributed by atoms with Crippen molar-refractivity contribution in [3.63, 3.8) is 0 Å². The minimum atomic E-state index is -0.349. The Labute approximate surface area is 239 Å². The van der Waals surface area contributed by atoms with Crippen molar-refractivity contribution < 1.29 is 9.63 Å². The molecule has 8 nitrogen and oxygen atoms in total. The van der Waals surface area contributed by atoms with Gasteiger partial charge in [0.05, 0.1) is 35.4 Å². The highest BCUT2D eigenvalue weighted by atomic mass is 16.7. The van der Waals surface area contributed by atoms with Gasteiger partial charge >= 0.3 is 5.97 Å². The van der Waals surface area contributed by atoms with Crippen molar-refractivity contribution in [3.8, 4) is 33.6 Å². The molecule has 2 aromatic heterocycles. The van der Waals surface area contributed by atoms with Crippen LogP contribution in [0.2, 0.25) is 0 Å². The molecule has 3 heterocycles. The van der Waals surface area contributed by atoms with Gasteiger partial charge in [0.1, 0.15) is 17.7 Å². The number of nitrogens with zero attached hydrogens (tertiary/aromatic N) is 3. The van der Waals surface area contributed by atoms with Crippen LogP contribution in [0.4, 0.5) is 0 Å². The molecule has 1 aliphatic heterocycles. The maximum absolute atomic E-state index is 12.6. The number of H-pyrrole nitrogens is 2. The van der Waals surface area contributed by atoms with E-state index < -0.39 is 0 Å². The monoisotopic (exact) mass is 546 g/mol. The number of nitrogens with one attached hydrogen (secondary N) is 2. The highest BCUT2D eigenvalue weighted by molar-refractivity contribution is 5.89.